The molecular formula is C15H17N2O2Pt-. The van der Waals surface area contributed by atoms with E-state index in [1.807, 2.05) is 43.6 Å². The average Bonchev–Trinajstić information content (AvgIpc) is 2.76. The zero-order chi connectivity index (χ0) is 14.3. The fourth-order valence-electron chi connectivity index (χ4n) is 1.41. The zero-order valence-electron chi connectivity index (χ0n) is 11.6. The number of allylic oxidation sites excluding steroid dienone is 2. The molecule has 0 aliphatic heterocycles. The van der Waals surface area contributed by atoms with E-state index >= 15 is 0 Å². The Bertz CT molecular complexity index is 558. The van der Waals surface area contributed by atoms with E-state index in [0.29, 0.717) is 0 Å². The molecule has 0 bridgehead atoms. The summed E-state index contributed by atoms with van der Waals surface area (Å²) in [6, 6.07) is 12.9. The molecule has 2 aromatic rings. The summed E-state index contributed by atoms with van der Waals surface area (Å²) in [7, 11) is 1.91. The van der Waals surface area contributed by atoms with E-state index in [-0.39, 0.29) is 32.6 Å². The third-order valence-corrected chi connectivity index (χ3v) is 2.11. The molecule has 0 amide bonds. The Morgan fingerprint density at radius 2 is 2.05 bits per heavy atom. The molecule has 0 atom stereocenters. The number of aliphatic hydroxyl groups is 1. The van der Waals surface area contributed by atoms with Gasteiger partial charge in [-0.05, 0) is 13.8 Å². The smallest absolute Gasteiger partial charge is 0.155 e. The Kier molecular flexibility index (Phi) is 8.49. The van der Waals surface area contributed by atoms with Crippen LogP contribution in [-0.2, 0) is 32.9 Å². The van der Waals surface area contributed by atoms with Crippen molar-refractivity contribution in [1.82, 2.24) is 9.78 Å². The second-order valence-corrected chi connectivity index (χ2v) is 4.05. The molecule has 0 aliphatic carbocycles. The van der Waals surface area contributed by atoms with Gasteiger partial charge in [-0.1, -0.05) is 6.07 Å². The van der Waals surface area contributed by atoms with Gasteiger partial charge in [0.15, 0.2) is 5.78 Å². The minimum atomic E-state index is -0.125. The Morgan fingerprint density at radius 1 is 1.35 bits per heavy atom. The molecule has 1 aromatic heterocycles. The number of rotatable bonds is 2. The number of nitrogens with zero attached hydrogens (tertiary/aromatic N) is 2. The van der Waals surface area contributed by atoms with Gasteiger partial charge in [-0.15, -0.1) is 35.9 Å². The second kappa shape index (κ2) is 9.27. The molecule has 1 aromatic carbocycles. The quantitative estimate of drug-likeness (QED) is 0.433. The topological polar surface area (TPSA) is 55.1 Å². The van der Waals surface area contributed by atoms with Crippen LogP contribution in [0.25, 0.3) is 11.3 Å². The molecule has 0 saturated carbocycles. The Labute approximate surface area is 133 Å². The fourth-order valence-corrected chi connectivity index (χ4v) is 1.41. The van der Waals surface area contributed by atoms with E-state index in [1.165, 1.54) is 19.9 Å². The number of carbonyl (C=O) groups is 1. The van der Waals surface area contributed by atoms with Gasteiger partial charge in [-0.2, -0.15) is 0 Å². The molecule has 20 heavy (non-hydrogen) atoms. The van der Waals surface area contributed by atoms with Crippen molar-refractivity contribution in [3.8, 4) is 11.3 Å². The van der Waals surface area contributed by atoms with Crippen LogP contribution >= 0.6 is 0 Å². The van der Waals surface area contributed by atoms with Crippen molar-refractivity contribution in [3.63, 3.8) is 0 Å². The summed E-state index contributed by atoms with van der Waals surface area (Å²) in [5, 5.41) is 12.6. The summed E-state index contributed by atoms with van der Waals surface area (Å²) >= 11 is 0. The van der Waals surface area contributed by atoms with E-state index < -0.39 is 0 Å². The van der Waals surface area contributed by atoms with Gasteiger partial charge < -0.3 is 5.11 Å². The number of aryl methyl sites for hydroxylation is 1. The van der Waals surface area contributed by atoms with Crippen molar-refractivity contribution in [2.24, 2.45) is 7.05 Å². The molecule has 110 valence electrons. The van der Waals surface area contributed by atoms with Gasteiger partial charge in [0, 0.05) is 46.1 Å². The maximum absolute atomic E-state index is 10.0. The molecule has 2 rings (SSSR count). The van der Waals surface area contributed by atoms with E-state index in [4.69, 9.17) is 5.11 Å². The van der Waals surface area contributed by atoms with Gasteiger partial charge in [0.2, 0.25) is 0 Å². The number of aliphatic hydroxyl groups excluding tert-OH is 1. The summed E-state index contributed by atoms with van der Waals surface area (Å²) in [6.07, 6.45) is 3.09. The summed E-state index contributed by atoms with van der Waals surface area (Å²) in [6.45, 7) is 2.85. The van der Waals surface area contributed by atoms with Crippen LogP contribution in [0.4, 0.5) is 0 Å². The van der Waals surface area contributed by atoms with Crippen LogP contribution in [-0.4, -0.2) is 20.7 Å². The first kappa shape index (κ1) is 18.3. The zero-order valence-corrected chi connectivity index (χ0v) is 13.9. The maximum Gasteiger partial charge on any atom is 0.155 e. The van der Waals surface area contributed by atoms with Gasteiger partial charge in [0.25, 0.3) is 0 Å². The molecular weight excluding hydrogens is 435 g/mol. The fraction of sp³-hybridized carbons (Fsp3) is 0.200. The first-order chi connectivity index (χ1) is 8.99. The Balaban J connectivity index is 0.000000396. The van der Waals surface area contributed by atoms with E-state index in [1.54, 1.807) is 4.68 Å². The third-order valence-electron chi connectivity index (χ3n) is 2.11. The molecule has 0 aliphatic rings. The number of hydrogen-bond acceptors (Lipinski definition) is 3. The normalized spacial score (nSPS) is 10.1. The van der Waals surface area contributed by atoms with Gasteiger partial charge in [-0.25, -0.2) is 5.10 Å². The van der Waals surface area contributed by atoms with Crippen molar-refractivity contribution in [2.45, 2.75) is 13.8 Å². The van der Waals surface area contributed by atoms with Crippen molar-refractivity contribution >= 4 is 5.78 Å². The molecule has 1 heterocycles. The maximum atomic E-state index is 10.0. The Morgan fingerprint density at radius 3 is 2.40 bits per heavy atom. The SMILES string of the molecule is CC(=O)/C=C(/C)O.Cn1ccc(-c2[c-]cccc2)n1.[Pt]. The van der Waals surface area contributed by atoms with Crippen LogP contribution in [0.15, 0.2) is 48.4 Å². The van der Waals surface area contributed by atoms with Gasteiger partial charge in [-0.3, -0.25) is 9.48 Å². The molecule has 5 heteroatoms. The first-order valence-electron chi connectivity index (χ1n) is 5.83. The van der Waals surface area contributed by atoms with Crippen LogP contribution in [0.3, 0.4) is 0 Å². The number of benzene rings is 1. The summed E-state index contributed by atoms with van der Waals surface area (Å²) in [5.41, 5.74) is 2.01. The van der Waals surface area contributed by atoms with E-state index in [2.05, 4.69) is 11.2 Å². The van der Waals surface area contributed by atoms with Crippen molar-refractivity contribution < 1.29 is 31.0 Å². The average molecular weight is 452 g/mol. The summed E-state index contributed by atoms with van der Waals surface area (Å²) < 4.78 is 1.79. The number of carbonyl (C=O) groups excluding carboxylic acids is 1. The standard InChI is InChI=1S/C10H9N2.C5H8O2.Pt/c1-12-8-7-10(11-12)9-5-3-2-4-6-9;1-4(6)3-5(2)7;/h2-5,7-8H,1H3;3,6H,1-2H3;/q-1;;/b;4-3-;. The number of hydrogen-bond donors (Lipinski definition) is 1. The molecule has 1 N–H and O–H groups in total. The minimum Gasteiger partial charge on any atom is -0.512 e. The van der Waals surface area contributed by atoms with E-state index in [9.17, 15) is 4.79 Å². The summed E-state index contributed by atoms with van der Waals surface area (Å²) in [5.74, 6) is -0.0625. The minimum absolute atomic E-state index is 0. The molecule has 0 spiro atoms. The van der Waals surface area contributed by atoms with Crippen LogP contribution in [0.2, 0.25) is 0 Å². The molecule has 0 fully saturated rings. The second-order valence-electron chi connectivity index (χ2n) is 4.05. The van der Waals surface area contributed by atoms with E-state index in [0.717, 1.165) is 11.3 Å². The molecule has 0 saturated heterocycles. The van der Waals surface area contributed by atoms with Crippen LogP contribution in [0, 0.1) is 6.07 Å². The predicted molar refractivity (Wildman–Crippen MR) is 74.5 cm³/mol. The number of aromatic nitrogens is 2. The first-order valence-corrected chi connectivity index (χ1v) is 5.83. The molecule has 0 unspecified atom stereocenters. The van der Waals surface area contributed by atoms with Crippen molar-refractivity contribution in [2.75, 3.05) is 0 Å². The third kappa shape index (κ3) is 7.05. The van der Waals surface area contributed by atoms with Crippen molar-refractivity contribution in [3.05, 3.63) is 54.4 Å². The van der Waals surface area contributed by atoms with Crippen LogP contribution in [0.5, 0.6) is 0 Å². The largest absolute Gasteiger partial charge is 0.512 e. The monoisotopic (exact) mass is 452 g/mol. The van der Waals surface area contributed by atoms with Crippen molar-refractivity contribution in [1.29, 1.82) is 0 Å². The predicted octanol–water partition coefficient (Wildman–Crippen LogP) is 2.92. The van der Waals surface area contributed by atoms with Gasteiger partial charge in [0.05, 0.1) is 5.76 Å². The van der Waals surface area contributed by atoms with Gasteiger partial charge >= 0.3 is 0 Å². The number of ketones is 1. The van der Waals surface area contributed by atoms with Gasteiger partial charge in [0.1, 0.15) is 0 Å². The molecule has 4 nitrogen and oxygen atoms in total. The summed E-state index contributed by atoms with van der Waals surface area (Å²) in [4.78, 5) is 10.0. The van der Waals surface area contributed by atoms with Crippen LogP contribution < -0.4 is 0 Å². The Hall–Kier alpha value is -1.67. The molecule has 0 radical (unpaired) electrons. The van der Waals surface area contributed by atoms with Crippen LogP contribution in [0.1, 0.15) is 13.8 Å².